The number of halogens is 2. The van der Waals surface area contributed by atoms with Crippen LogP contribution in [0.4, 0.5) is 0 Å². The quantitative estimate of drug-likeness (QED) is 0.491. The zero-order valence-electron chi connectivity index (χ0n) is 15.7. The summed E-state index contributed by atoms with van der Waals surface area (Å²) in [5.41, 5.74) is 5.66. The zero-order chi connectivity index (χ0) is 20.5. The molecule has 0 saturated heterocycles. The summed E-state index contributed by atoms with van der Waals surface area (Å²) < 4.78 is 10.9. The Morgan fingerprint density at radius 1 is 1.04 bits per heavy atom. The molecule has 2 amide bonds. The number of rotatable bonds is 8. The van der Waals surface area contributed by atoms with Crippen molar-refractivity contribution in [3.8, 4) is 11.5 Å². The highest BCUT2D eigenvalue weighted by Crippen LogP contribution is 2.28. The Morgan fingerprint density at radius 2 is 1.82 bits per heavy atom. The molecule has 0 heterocycles. The average molecular weight is 425 g/mol. The van der Waals surface area contributed by atoms with E-state index in [1.165, 1.54) is 7.11 Å². The Labute approximate surface area is 174 Å². The van der Waals surface area contributed by atoms with Gasteiger partial charge in [0.2, 0.25) is 5.91 Å². The van der Waals surface area contributed by atoms with Gasteiger partial charge in [-0.2, -0.15) is 0 Å². The Balaban J connectivity index is 1.93. The summed E-state index contributed by atoms with van der Waals surface area (Å²) in [4.78, 5) is 24.3. The number of carbonyl (C=O) groups excluding carboxylic acids is 2. The molecule has 0 radical (unpaired) electrons. The SMILES string of the molecule is CCCCOc1ccc(C(=O)NNC(=O)Cc2ccc(Cl)cc2Cl)cc1OC. The van der Waals surface area contributed by atoms with Gasteiger partial charge >= 0.3 is 0 Å². The number of benzene rings is 2. The number of carbonyl (C=O) groups is 2. The van der Waals surface area contributed by atoms with Crippen LogP contribution in [0, 0.1) is 0 Å². The molecule has 0 atom stereocenters. The molecule has 0 saturated carbocycles. The summed E-state index contributed by atoms with van der Waals surface area (Å²) in [6.07, 6.45) is 1.95. The van der Waals surface area contributed by atoms with E-state index in [0.717, 1.165) is 12.8 Å². The van der Waals surface area contributed by atoms with E-state index in [-0.39, 0.29) is 6.42 Å². The fraction of sp³-hybridized carbons (Fsp3) is 0.300. The Morgan fingerprint density at radius 3 is 2.50 bits per heavy atom. The molecule has 0 aliphatic heterocycles. The lowest BCUT2D eigenvalue weighted by atomic mass is 10.1. The van der Waals surface area contributed by atoms with Crippen LogP contribution in [0.25, 0.3) is 0 Å². The highest BCUT2D eigenvalue weighted by molar-refractivity contribution is 6.35. The van der Waals surface area contributed by atoms with Gasteiger partial charge in [0.05, 0.1) is 20.1 Å². The minimum absolute atomic E-state index is 0.00378. The van der Waals surface area contributed by atoms with Crippen LogP contribution in [0.3, 0.4) is 0 Å². The summed E-state index contributed by atoms with van der Waals surface area (Å²) in [6, 6.07) is 9.68. The van der Waals surface area contributed by atoms with Crippen molar-refractivity contribution in [2.24, 2.45) is 0 Å². The Bertz CT molecular complexity index is 843. The van der Waals surface area contributed by atoms with Crippen molar-refractivity contribution in [1.29, 1.82) is 0 Å². The second-order valence-corrected chi connectivity index (χ2v) is 6.83. The number of nitrogens with one attached hydrogen (secondary N) is 2. The van der Waals surface area contributed by atoms with E-state index in [1.807, 2.05) is 0 Å². The van der Waals surface area contributed by atoms with Gasteiger partial charge in [-0.15, -0.1) is 0 Å². The first-order valence-electron chi connectivity index (χ1n) is 8.78. The van der Waals surface area contributed by atoms with Crippen LogP contribution in [0.1, 0.15) is 35.7 Å². The van der Waals surface area contributed by atoms with Crippen LogP contribution in [-0.2, 0) is 11.2 Å². The molecule has 6 nitrogen and oxygen atoms in total. The first-order valence-corrected chi connectivity index (χ1v) is 9.54. The normalized spacial score (nSPS) is 10.3. The van der Waals surface area contributed by atoms with Crippen molar-refractivity contribution >= 4 is 35.0 Å². The van der Waals surface area contributed by atoms with Crippen molar-refractivity contribution in [1.82, 2.24) is 10.9 Å². The summed E-state index contributed by atoms with van der Waals surface area (Å²) in [5, 5.41) is 0.871. The van der Waals surface area contributed by atoms with Gasteiger partial charge in [0, 0.05) is 15.6 Å². The van der Waals surface area contributed by atoms with Crippen molar-refractivity contribution < 1.29 is 19.1 Å². The molecular formula is C20H22Cl2N2O4. The Kier molecular flexibility index (Phi) is 8.42. The monoisotopic (exact) mass is 424 g/mol. The van der Waals surface area contributed by atoms with Crippen LogP contribution >= 0.6 is 23.2 Å². The van der Waals surface area contributed by atoms with Gasteiger partial charge in [-0.3, -0.25) is 20.4 Å². The standard InChI is InChI=1S/C20H22Cl2N2O4/c1-3-4-9-28-17-8-6-14(10-18(17)27-2)20(26)24-23-19(25)11-13-5-7-15(21)12-16(13)22/h5-8,10,12H,3-4,9,11H2,1-2H3,(H,23,25)(H,24,26). The maximum absolute atomic E-state index is 12.3. The number of hydrogen-bond donors (Lipinski definition) is 2. The molecule has 0 aliphatic carbocycles. The van der Waals surface area contributed by atoms with E-state index in [0.29, 0.717) is 39.3 Å². The third-order valence-corrected chi connectivity index (χ3v) is 4.45. The molecule has 2 N–H and O–H groups in total. The van der Waals surface area contributed by atoms with Gasteiger partial charge in [0.15, 0.2) is 11.5 Å². The maximum Gasteiger partial charge on any atom is 0.269 e. The number of methoxy groups -OCH3 is 1. The smallest absolute Gasteiger partial charge is 0.269 e. The number of amides is 2. The highest BCUT2D eigenvalue weighted by atomic mass is 35.5. The molecule has 150 valence electrons. The van der Waals surface area contributed by atoms with Crippen molar-refractivity contribution in [3.05, 3.63) is 57.6 Å². The lowest BCUT2D eigenvalue weighted by Crippen LogP contribution is -2.42. The molecule has 0 unspecified atom stereocenters. The van der Waals surface area contributed by atoms with Gasteiger partial charge in [-0.1, -0.05) is 42.6 Å². The van der Waals surface area contributed by atoms with Crippen molar-refractivity contribution in [3.63, 3.8) is 0 Å². The van der Waals surface area contributed by atoms with Gasteiger partial charge < -0.3 is 9.47 Å². The molecule has 2 rings (SSSR count). The number of unbranched alkanes of at least 4 members (excludes halogenated alkanes) is 1. The first kappa shape index (κ1) is 21.9. The summed E-state index contributed by atoms with van der Waals surface area (Å²) in [5.74, 6) is 0.120. The van der Waals surface area contributed by atoms with E-state index in [9.17, 15) is 9.59 Å². The molecule has 0 fully saturated rings. The molecule has 8 heteroatoms. The lowest BCUT2D eigenvalue weighted by Gasteiger charge is -2.12. The minimum atomic E-state index is -0.478. The van der Waals surface area contributed by atoms with Gasteiger partial charge in [0.25, 0.3) is 5.91 Å². The molecule has 0 aliphatic rings. The van der Waals surface area contributed by atoms with E-state index in [4.69, 9.17) is 32.7 Å². The molecule has 2 aromatic rings. The number of hydrazine groups is 1. The fourth-order valence-electron chi connectivity index (χ4n) is 2.34. The lowest BCUT2D eigenvalue weighted by molar-refractivity contribution is -0.121. The predicted octanol–water partition coefficient (Wildman–Crippen LogP) is 4.18. The largest absolute Gasteiger partial charge is 0.493 e. The summed E-state index contributed by atoms with van der Waals surface area (Å²) >= 11 is 11.9. The van der Waals surface area contributed by atoms with Crippen molar-refractivity contribution in [2.45, 2.75) is 26.2 Å². The zero-order valence-corrected chi connectivity index (χ0v) is 17.2. The average Bonchev–Trinajstić information content (AvgIpc) is 2.68. The van der Waals surface area contributed by atoms with Crippen molar-refractivity contribution in [2.75, 3.05) is 13.7 Å². The van der Waals surface area contributed by atoms with Gasteiger partial charge in [-0.05, 0) is 42.3 Å². The molecule has 0 aromatic heterocycles. The number of ether oxygens (including phenoxy) is 2. The van der Waals surface area contributed by atoms with Crippen LogP contribution < -0.4 is 20.3 Å². The molecular weight excluding hydrogens is 403 g/mol. The Hall–Kier alpha value is -2.44. The van der Waals surface area contributed by atoms with Gasteiger partial charge in [0.1, 0.15) is 0 Å². The molecule has 0 bridgehead atoms. The second kappa shape index (κ2) is 10.8. The van der Waals surface area contributed by atoms with E-state index >= 15 is 0 Å². The van der Waals surface area contributed by atoms with E-state index in [2.05, 4.69) is 17.8 Å². The second-order valence-electron chi connectivity index (χ2n) is 5.98. The summed E-state index contributed by atoms with van der Waals surface area (Å²) in [7, 11) is 1.50. The number of hydrogen-bond acceptors (Lipinski definition) is 4. The third kappa shape index (κ3) is 6.32. The summed E-state index contributed by atoms with van der Waals surface area (Å²) in [6.45, 7) is 2.64. The molecule has 28 heavy (non-hydrogen) atoms. The van der Waals surface area contributed by atoms with E-state index in [1.54, 1.807) is 36.4 Å². The highest BCUT2D eigenvalue weighted by Gasteiger charge is 2.13. The fourth-order valence-corrected chi connectivity index (χ4v) is 2.81. The van der Waals surface area contributed by atoms with Crippen LogP contribution in [0.2, 0.25) is 10.0 Å². The predicted molar refractivity (Wildman–Crippen MR) is 109 cm³/mol. The molecule has 2 aromatic carbocycles. The molecule has 0 spiro atoms. The minimum Gasteiger partial charge on any atom is -0.493 e. The van der Waals surface area contributed by atoms with Crippen LogP contribution in [0.5, 0.6) is 11.5 Å². The first-order chi connectivity index (χ1) is 13.4. The third-order valence-electron chi connectivity index (χ3n) is 3.86. The van der Waals surface area contributed by atoms with Gasteiger partial charge in [-0.25, -0.2) is 0 Å². The van der Waals surface area contributed by atoms with E-state index < -0.39 is 11.8 Å². The van der Waals surface area contributed by atoms with Crippen LogP contribution in [-0.4, -0.2) is 25.5 Å². The topological polar surface area (TPSA) is 76.7 Å². The van der Waals surface area contributed by atoms with Crippen LogP contribution in [0.15, 0.2) is 36.4 Å². The maximum atomic E-state index is 12.3.